The summed E-state index contributed by atoms with van der Waals surface area (Å²) in [6.07, 6.45) is 5.99. The van der Waals surface area contributed by atoms with E-state index in [2.05, 4.69) is 79.2 Å². The Morgan fingerprint density at radius 3 is 2.47 bits per heavy atom. The highest BCUT2D eigenvalue weighted by Gasteiger charge is 2.13. The predicted octanol–water partition coefficient (Wildman–Crippen LogP) is 5.66. The number of rotatable bonds is 11. The van der Waals surface area contributed by atoms with Crippen molar-refractivity contribution in [2.75, 3.05) is 6.54 Å². The van der Waals surface area contributed by atoms with Crippen LogP contribution >= 0.6 is 0 Å². The molecule has 0 atom stereocenters. The van der Waals surface area contributed by atoms with Gasteiger partial charge in [-0.15, -0.1) is 0 Å². The van der Waals surface area contributed by atoms with Gasteiger partial charge in [0.1, 0.15) is 5.82 Å². The number of imidazole rings is 1. The first-order valence-electron chi connectivity index (χ1n) is 11.4. The van der Waals surface area contributed by atoms with Crippen LogP contribution in [-0.4, -0.2) is 22.0 Å². The molecular formula is C26H35N3O. The number of nitrogens with one attached hydrogen (secondary N) is 1. The zero-order chi connectivity index (χ0) is 21.3. The van der Waals surface area contributed by atoms with Gasteiger partial charge < -0.3 is 9.88 Å². The summed E-state index contributed by atoms with van der Waals surface area (Å²) in [5.74, 6) is 1.52. The maximum Gasteiger partial charge on any atom is 0.223 e. The van der Waals surface area contributed by atoms with Crippen LogP contribution in [0, 0.1) is 12.8 Å². The molecule has 30 heavy (non-hydrogen) atoms. The highest BCUT2D eigenvalue weighted by atomic mass is 16.1. The lowest BCUT2D eigenvalue weighted by molar-refractivity contribution is -0.125. The van der Waals surface area contributed by atoms with E-state index in [1.807, 2.05) is 0 Å². The summed E-state index contributed by atoms with van der Waals surface area (Å²) in [5, 5.41) is 3.09. The van der Waals surface area contributed by atoms with E-state index in [4.69, 9.17) is 4.98 Å². The van der Waals surface area contributed by atoms with Crippen molar-refractivity contribution in [2.24, 2.45) is 5.92 Å². The van der Waals surface area contributed by atoms with Crippen molar-refractivity contribution < 1.29 is 4.79 Å². The molecule has 3 aromatic rings. The van der Waals surface area contributed by atoms with Crippen LogP contribution in [0.4, 0.5) is 0 Å². The number of para-hydroxylation sites is 2. The van der Waals surface area contributed by atoms with Gasteiger partial charge in [0.05, 0.1) is 11.0 Å². The smallest absolute Gasteiger partial charge is 0.223 e. The van der Waals surface area contributed by atoms with Crippen molar-refractivity contribution >= 4 is 16.9 Å². The molecule has 4 heteroatoms. The quantitative estimate of drug-likeness (QED) is 0.419. The Kier molecular flexibility index (Phi) is 8.06. The van der Waals surface area contributed by atoms with Gasteiger partial charge in [-0.2, -0.15) is 0 Å². The second-order valence-corrected chi connectivity index (χ2v) is 8.20. The van der Waals surface area contributed by atoms with Crippen molar-refractivity contribution in [3.8, 4) is 0 Å². The van der Waals surface area contributed by atoms with Crippen LogP contribution in [0.15, 0.2) is 48.5 Å². The van der Waals surface area contributed by atoms with Gasteiger partial charge in [-0.3, -0.25) is 4.79 Å². The fraction of sp³-hybridized carbons (Fsp3) is 0.462. The Balaban J connectivity index is 1.56. The topological polar surface area (TPSA) is 46.9 Å². The highest BCUT2D eigenvalue weighted by Crippen LogP contribution is 2.20. The molecule has 3 rings (SSSR count). The number of unbranched alkanes of at least 4 members (excludes halogenated alkanes) is 2. The molecule has 1 N–H and O–H groups in total. The van der Waals surface area contributed by atoms with Gasteiger partial charge in [0.25, 0.3) is 0 Å². The number of nitrogens with zero attached hydrogens (tertiary/aromatic N) is 2. The largest absolute Gasteiger partial charge is 0.356 e. The molecule has 0 unspecified atom stereocenters. The number of carbonyl (C=O) groups is 1. The van der Waals surface area contributed by atoms with E-state index < -0.39 is 0 Å². The lowest BCUT2D eigenvalue weighted by Gasteiger charge is -2.12. The van der Waals surface area contributed by atoms with E-state index >= 15 is 0 Å². The van der Waals surface area contributed by atoms with E-state index in [-0.39, 0.29) is 11.8 Å². The number of hydrogen-bond donors (Lipinski definition) is 1. The van der Waals surface area contributed by atoms with Gasteiger partial charge in [-0.05, 0) is 50.3 Å². The van der Waals surface area contributed by atoms with E-state index in [0.717, 1.165) is 63.0 Å². The monoisotopic (exact) mass is 405 g/mol. The number of aryl methyl sites for hydroxylation is 2. The molecule has 1 heterocycles. The average Bonchev–Trinajstić information content (AvgIpc) is 3.10. The summed E-state index contributed by atoms with van der Waals surface area (Å²) in [6.45, 7) is 7.90. The van der Waals surface area contributed by atoms with Gasteiger partial charge in [0.15, 0.2) is 0 Å². The Morgan fingerprint density at radius 2 is 1.73 bits per heavy atom. The number of carbonyl (C=O) groups excluding carboxylic acids is 1. The Hall–Kier alpha value is -2.62. The summed E-state index contributed by atoms with van der Waals surface area (Å²) >= 11 is 0. The second-order valence-electron chi connectivity index (χ2n) is 8.20. The molecule has 0 aliphatic carbocycles. The fourth-order valence-electron chi connectivity index (χ4n) is 3.97. The predicted molar refractivity (Wildman–Crippen MR) is 125 cm³/mol. The third-order valence-electron chi connectivity index (χ3n) is 5.93. The van der Waals surface area contributed by atoms with Crippen molar-refractivity contribution in [1.29, 1.82) is 0 Å². The van der Waals surface area contributed by atoms with Crippen molar-refractivity contribution in [3.63, 3.8) is 0 Å². The number of hydrogen-bond acceptors (Lipinski definition) is 2. The summed E-state index contributed by atoms with van der Waals surface area (Å²) in [7, 11) is 0. The maximum absolute atomic E-state index is 12.1. The summed E-state index contributed by atoms with van der Waals surface area (Å²) in [5.41, 5.74) is 4.85. The van der Waals surface area contributed by atoms with Crippen LogP contribution in [-0.2, 0) is 17.8 Å². The molecule has 1 aromatic heterocycles. The van der Waals surface area contributed by atoms with E-state index in [0.29, 0.717) is 0 Å². The molecule has 0 aliphatic heterocycles. The average molecular weight is 406 g/mol. The van der Waals surface area contributed by atoms with Gasteiger partial charge in [-0.25, -0.2) is 4.98 Å². The maximum atomic E-state index is 12.1. The number of fused-ring (bicyclic) bond motifs is 1. The van der Waals surface area contributed by atoms with Gasteiger partial charge in [0, 0.05) is 25.4 Å². The molecule has 2 aromatic carbocycles. The van der Waals surface area contributed by atoms with Gasteiger partial charge in [0.2, 0.25) is 5.91 Å². The van der Waals surface area contributed by atoms with Crippen molar-refractivity contribution in [3.05, 3.63) is 65.5 Å². The molecule has 0 saturated carbocycles. The Bertz CT molecular complexity index is 939. The van der Waals surface area contributed by atoms with E-state index in [9.17, 15) is 4.79 Å². The van der Waals surface area contributed by atoms with E-state index in [1.165, 1.54) is 16.6 Å². The molecule has 0 spiro atoms. The van der Waals surface area contributed by atoms with Gasteiger partial charge >= 0.3 is 0 Å². The van der Waals surface area contributed by atoms with Crippen LogP contribution in [0.2, 0.25) is 0 Å². The Labute approximate surface area is 180 Å². The number of amides is 1. The first-order valence-corrected chi connectivity index (χ1v) is 11.4. The molecule has 0 radical (unpaired) electrons. The summed E-state index contributed by atoms with van der Waals surface area (Å²) in [4.78, 5) is 17.0. The zero-order valence-corrected chi connectivity index (χ0v) is 18.7. The normalized spacial score (nSPS) is 11.3. The van der Waals surface area contributed by atoms with E-state index in [1.54, 1.807) is 0 Å². The molecule has 0 aliphatic rings. The minimum atomic E-state index is 0.159. The lowest BCUT2D eigenvalue weighted by Crippen LogP contribution is -2.30. The SMILES string of the molecule is CCC(CC)C(=O)NCCCCCc1nc2ccccc2n1Cc1ccc(C)cc1. The minimum Gasteiger partial charge on any atom is -0.356 e. The van der Waals surface area contributed by atoms with Crippen LogP contribution in [0.3, 0.4) is 0 Å². The minimum absolute atomic E-state index is 0.159. The molecule has 160 valence electrons. The fourth-order valence-corrected chi connectivity index (χ4v) is 3.97. The van der Waals surface area contributed by atoms with Crippen LogP contribution < -0.4 is 5.32 Å². The van der Waals surface area contributed by atoms with Crippen LogP contribution in [0.5, 0.6) is 0 Å². The van der Waals surface area contributed by atoms with Crippen LogP contribution in [0.1, 0.15) is 62.9 Å². The molecule has 1 amide bonds. The third-order valence-corrected chi connectivity index (χ3v) is 5.93. The standard InChI is InChI=1S/C26H35N3O/c1-4-22(5-2)26(30)27-18-10-6-7-13-25-28-23-11-8-9-12-24(23)29(25)19-21-16-14-20(3)15-17-21/h8-9,11-12,14-17,22H,4-7,10,13,18-19H2,1-3H3,(H,27,30). The molecule has 0 bridgehead atoms. The second kappa shape index (κ2) is 11.0. The molecule has 0 fully saturated rings. The number of benzene rings is 2. The molecular weight excluding hydrogens is 370 g/mol. The summed E-state index contributed by atoms with van der Waals surface area (Å²) in [6, 6.07) is 17.1. The highest BCUT2D eigenvalue weighted by molar-refractivity contribution is 5.78. The number of aromatic nitrogens is 2. The lowest BCUT2D eigenvalue weighted by atomic mass is 10.0. The third kappa shape index (κ3) is 5.71. The molecule has 4 nitrogen and oxygen atoms in total. The first kappa shape index (κ1) is 22.1. The Morgan fingerprint density at radius 1 is 1.00 bits per heavy atom. The van der Waals surface area contributed by atoms with Crippen molar-refractivity contribution in [2.45, 2.75) is 65.8 Å². The molecule has 0 saturated heterocycles. The first-order chi connectivity index (χ1) is 14.6. The zero-order valence-electron chi connectivity index (χ0n) is 18.7. The van der Waals surface area contributed by atoms with Crippen molar-refractivity contribution in [1.82, 2.24) is 14.9 Å². The van der Waals surface area contributed by atoms with Gasteiger partial charge in [-0.1, -0.05) is 62.2 Å². The van der Waals surface area contributed by atoms with Crippen LogP contribution in [0.25, 0.3) is 11.0 Å². The summed E-state index contributed by atoms with van der Waals surface area (Å²) < 4.78 is 2.36.